The second kappa shape index (κ2) is 11.1. The monoisotopic (exact) mass is 667 g/mol. The maximum absolute atomic E-state index is 13.2. The van der Waals surface area contributed by atoms with Crippen molar-refractivity contribution in [2.24, 2.45) is 0 Å². The van der Waals surface area contributed by atoms with Crippen LogP contribution in [0.2, 0.25) is 0 Å². The number of carbonyl (C=O) groups is 1. The molecule has 0 unspecified atom stereocenters. The molecule has 1 aliphatic rings. The molecule has 167 valence electrons. The quantitative estimate of drug-likeness (QED) is 0.489. The van der Waals surface area contributed by atoms with Crippen LogP contribution in [0.1, 0.15) is 19.4 Å². The molecule has 8 nitrogen and oxygen atoms in total. The van der Waals surface area contributed by atoms with Crippen LogP contribution in [-0.4, -0.2) is 55.2 Å². The summed E-state index contributed by atoms with van der Waals surface area (Å²) >= 11 is 0. The Morgan fingerprint density at radius 1 is 1.19 bits per heavy atom. The van der Waals surface area contributed by atoms with Crippen molar-refractivity contribution in [2.45, 2.75) is 37.8 Å². The van der Waals surface area contributed by atoms with Gasteiger partial charge in [0.25, 0.3) is 0 Å². The van der Waals surface area contributed by atoms with Gasteiger partial charge < -0.3 is 11.1 Å². The van der Waals surface area contributed by atoms with Crippen molar-refractivity contribution >= 4 is 33.0 Å². The molecule has 32 heavy (non-hydrogen) atoms. The SMILES string of the molecule is [Ac].[C-]#[N+]c1cccc(S(=O)(=O)N2[C@H](C)CN(CC(=O)Nc3cc([NH-])ccc3C)C[C@@H]2C)c1. The van der Waals surface area contributed by atoms with Crippen LogP contribution in [0.5, 0.6) is 0 Å². The van der Waals surface area contributed by atoms with Gasteiger partial charge in [0.15, 0.2) is 5.69 Å². The third kappa shape index (κ3) is 6.09. The second-order valence-electron chi connectivity index (χ2n) is 7.91. The largest absolute Gasteiger partial charge is 0.699 e. The fraction of sp³-hybridized carbons (Fsp3) is 0.364. The van der Waals surface area contributed by atoms with Crippen LogP contribution in [0.25, 0.3) is 10.6 Å². The fourth-order valence-corrected chi connectivity index (χ4v) is 5.85. The summed E-state index contributed by atoms with van der Waals surface area (Å²) < 4.78 is 27.9. The van der Waals surface area contributed by atoms with Gasteiger partial charge in [-0.2, -0.15) is 4.31 Å². The zero-order chi connectivity index (χ0) is 22.8. The predicted octanol–water partition coefficient (Wildman–Crippen LogP) is 3.95. The van der Waals surface area contributed by atoms with Crippen molar-refractivity contribution in [3.05, 3.63) is 65.2 Å². The van der Waals surface area contributed by atoms with Gasteiger partial charge in [-0.1, -0.05) is 30.3 Å². The first-order valence-corrected chi connectivity index (χ1v) is 11.4. The maximum Gasteiger partial charge on any atom is 0.242 e. The number of rotatable bonds is 5. The standard InChI is InChI=1S/C22H26N5O3S.Ac/c1-15-8-9-18(23)10-21(15)25-22(28)14-26-12-16(2)27(17(3)13-26)31(29,30)20-7-5-6-19(11-20)24-4;/h5-11,16-17,23H,12-14H2,1-3H3,(H,25,28);/q-1;/t16-,17+;. The van der Waals surface area contributed by atoms with Crippen molar-refractivity contribution in [1.82, 2.24) is 9.21 Å². The Hall–Kier alpha value is -1.49. The maximum atomic E-state index is 13.2. The number of amides is 1. The zero-order valence-corrected chi connectivity index (χ0v) is 23.9. The van der Waals surface area contributed by atoms with Gasteiger partial charge in [-0.25, -0.2) is 13.3 Å². The summed E-state index contributed by atoms with van der Waals surface area (Å²) in [7, 11) is -3.76. The molecule has 0 bridgehead atoms. The van der Waals surface area contributed by atoms with Crippen LogP contribution in [0.15, 0.2) is 47.4 Å². The number of carbonyl (C=O) groups excluding carboxylic acids is 1. The van der Waals surface area contributed by atoms with Gasteiger partial charge in [-0.15, -0.1) is 5.69 Å². The molecule has 2 N–H and O–H groups in total. The van der Waals surface area contributed by atoms with E-state index in [0.717, 1.165) is 5.56 Å². The summed E-state index contributed by atoms with van der Waals surface area (Å²) in [6, 6.07) is 10.4. The van der Waals surface area contributed by atoms with E-state index in [2.05, 4.69) is 10.2 Å². The Bertz CT molecular complexity index is 1120. The number of benzene rings is 2. The van der Waals surface area contributed by atoms with Crippen LogP contribution in [0.3, 0.4) is 0 Å². The minimum Gasteiger partial charge on any atom is -0.699 e. The minimum absolute atomic E-state index is 0. The molecule has 2 atom stereocenters. The van der Waals surface area contributed by atoms with Crippen molar-refractivity contribution in [3.8, 4) is 0 Å². The molecule has 1 fully saturated rings. The van der Waals surface area contributed by atoms with E-state index in [0.29, 0.717) is 24.5 Å². The summed E-state index contributed by atoms with van der Waals surface area (Å²) in [6.45, 7) is 13.6. The number of sulfonamides is 1. The Morgan fingerprint density at radius 2 is 1.84 bits per heavy atom. The third-order valence-corrected chi connectivity index (χ3v) is 7.44. The van der Waals surface area contributed by atoms with Gasteiger partial charge in [0, 0.05) is 74.9 Å². The predicted molar refractivity (Wildman–Crippen MR) is 121 cm³/mol. The third-order valence-electron chi connectivity index (χ3n) is 5.31. The summed E-state index contributed by atoms with van der Waals surface area (Å²) in [6.07, 6.45) is 0. The normalized spacial score (nSPS) is 19.6. The molecule has 1 aliphatic heterocycles. The zero-order valence-electron chi connectivity index (χ0n) is 18.4. The Labute approximate surface area is 225 Å². The van der Waals surface area contributed by atoms with Gasteiger partial charge in [0.2, 0.25) is 15.9 Å². The Balaban J connectivity index is 0.00000363. The van der Waals surface area contributed by atoms with E-state index in [1.54, 1.807) is 30.3 Å². The van der Waals surface area contributed by atoms with Gasteiger partial charge in [0.05, 0.1) is 18.0 Å². The number of nitrogens with one attached hydrogen (secondary N) is 2. The van der Waals surface area contributed by atoms with Crippen LogP contribution in [-0.2, 0) is 14.8 Å². The van der Waals surface area contributed by atoms with E-state index in [9.17, 15) is 13.2 Å². The fourth-order valence-electron chi connectivity index (χ4n) is 4.00. The molecule has 0 spiro atoms. The van der Waals surface area contributed by atoms with Crippen LogP contribution >= 0.6 is 0 Å². The minimum atomic E-state index is -3.76. The van der Waals surface area contributed by atoms with Gasteiger partial charge in [-0.05, 0) is 38.5 Å². The van der Waals surface area contributed by atoms with E-state index >= 15 is 0 Å². The van der Waals surface area contributed by atoms with E-state index in [-0.39, 0.29) is 79.2 Å². The van der Waals surface area contributed by atoms with Crippen LogP contribution in [0, 0.1) is 57.6 Å². The van der Waals surface area contributed by atoms with Crippen molar-refractivity contribution < 1.29 is 57.3 Å². The molecule has 1 heterocycles. The van der Waals surface area contributed by atoms with E-state index < -0.39 is 10.0 Å². The number of piperazine rings is 1. The number of aryl methyl sites for hydroxylation is 1. The molecule has 1 radical (unpaired) electrons. The molecular weight excluding hydrogens is 641 g/mol. The van der Waals surface area contributed by atoms with Crippen LogP contribution in [0.4, 0.5) is 17.1 Å². The first-order chi connectivity index (χ1) is 14.6. The molecule has 0 aliphatic carbocycles. The number of hydrogen-bond acceptors (Lipinski definition) is 4. The summed E-state index contributed by atoms with van der Waals surface area (Å²) in [5.74, 6) is -0.200. The van der Waals surface area contributed by atoms with Crippen molar-refractivity contribution in [2.75, 3.05) is 25.0 Å². The van der Waals surface area contributed by atoms with Gasteiger partial charge in [-0.3, -0.25) is 9.69 Å². The summed E-state index contributed by atoms with van der Waals surface area (Å²) in [5.41, 5.74) is 9.81. The first-order valence-electron chi connectivity index (χ1n) is 9.97. The second-order valence-corrected chi connectivity index (χ2v) is 9.76. The van der Waals surface area contributed by atoms with E-state index in [1.165, 1.54) is 16.4 Å². The molecule has 2 aromatic rings. The number of hydrogen-bond donors (Lipinski definition) is 1. The average molecular weight is 668 g/mol. The average Bonchev–Trinajstić information content (AvgIpc) is 2.70. The molecule has 1 amide bonds. The smallest absolute Gasteiger partial charge is 0.242 e. The first kappa shape index (κ1) is 26.8. The van der Waals surface area contributed by atoms with Crippen molar-refractivity contribution in [1.29, 1.82) is 0 Å². The molecule has 1 saturated heterocycles. The molecule has 10 heteroatoms. The number of anilines is 1. The molecule has 3 rings (SSSR count). The molecule has 0 saturated carbocycles. The summed E-state index contributed by atoms with van der Waals surface area (Å²) in [4.78, 5) is 17.9. The van der Waals surface area contributed by atoms with Crippen LogP contribution < -0.4 is 5.32 Å². The molecular formula is C22H26AcN5O3S-. The van der Waals surface area contributed by atoms with E-state index in [1.807, 2.05) is 25.7 Å². The Kier molecular flexibility index (Phi) is 9.27. The van der Waals surface area contributed by atoms with Gasteiger partial charge in [0.1, 0.15) is 0 Å². The molecule has 2 aromatic carbocycles. The van der Waals surface area contributed by atoms with E-state index in [4.69, 9.17) is 12.3 Å². The van der Waals surface area contributed by atoms with Crippen molar-refractivity contribution in [3.63, 3.8) is 0 Å². The topological polar surface area (TPSA) is 97.9 Å². The number of nitrogens with zero attached hydrogens (tertiary/aromatic N) is 3. The molecule has 0 aromatic heterocycles. The summed E-state index contributed by atoms with van der Waals surface area (Å²) in [5, 5.41) is 2.85. The van der Waals surface area contributed by atoms with Gasteiger partial charge >= 0.3 is 0 Å². The Morgan fingerprint density at radius 3 is 2.47 bits per heavy atom.